The van der Waals surface area contributed by atoms with Gasteiger partial charge in [-0.05, 0) is 48.9 Å². The minimum Gasteiger partial charge on any atom is -0.374 e. The van der Waals surface area contributed by atoms with Crippen LogP contribution < -0.4 is 0 Å². The summed E-state index contributed by atoms with van der Waals surface area (Å²) in [6.07, 6.45) is 6.35. The first-order valence-electron chi connectivity index (χ1n) is 11.8. The van der Waals surface area contributed by atoms with Gasteiger partial charge in [0.15, 0.2) is 23.3 Å². The fourth-order valence-electron chi connectivity index (χ4n) is 4.64. The molecule has 3 aromatic carbocycles. The van der Waals surface area contributed by atoms with Gasteiger partial charge in [-0.25, -0.2) is 22.0 Å². The highest BCUT2D eigenvalue weighted by atomic mass is 19.2. The molecule has 2 unspecified atom stereocenters. The average molecular weight is 487 g/mol. The third-order valence-electron chi connectivity index (χ3n) is 6.53. The fraction of sp³-hybridized carbons (Fsp3) is 0.310. The van der Waals surface area contributed by atoms with E-state index in [-0.39, 0.29) is 40.9 Å². The van der Waals surface area contributed by atoms with Crippen LogP contribution in [0, 0.1) is 29.1 Å². The summed E-state index contributed by atoms with van der Waals surface area (Å²) in [6, 6.07) is 9.34. The Labute approximate surface area is 202 Å². The van der Waals surface area contributed by atoms with Crippen molar-refractivity contribution in [2.24, 2.45) is 0 Å². The van der Waals surface area contributed by atoms with Crippen molar-refractivity contribution in [2.45, 2.75) is 51.6 Å². The maximum absolute atomic E-state index is 15.0. The zero-order chi connectivity index (χ0) is 25.1. The lowest BCUT2D eigenvalue weighted by atomic mass is 9.89. The number of hydrogen-bond donors (Lipinski definition) is 0. The third-order valence-corrected chi connectivity index (χ3v) is 6.53. The summed E-state index contributed by atoms with van der Waals surface area (Å²) in [5, 5.41) is 0. The van der Waals surface area contributed by atoms with Gasteiger partial charge in [-0.3, -0.25) is 0 Å². The minimum atomic E-state index is -1.32. The second-order valence-electron chi connectivity index (χ2n) is 8.85. The maximum Gasteiger partial charge on any atom is 0.167 e. The predicted octanol–water partition coefficient (Wildman–Crippen LogP) is 8.51. The van der Waals surface area contributed by atoms with Gasteiger partial charge in [0.25, 0.3) is 0 Å². The van der Waals surface area contributed by atoms with Crippen LogP contribution in [-0.4, -0.2) is 12.7 Å². The standard InChI is InChI=1S/C29H27F5O/c1-3-5-17-7-8-18(15-25(17)30)21-11-13-23(28(33)26(21)31)24-14-12-22(27(32)29(24)34)19-9-10-20(6-4-2)35-16-19/h4,6-8,11-15,19-20H,3,5,9-10,16H2,1-2H3/b6-4+. The highest BCUT2D eigenvalue weighted by Gasteiger charge is 2.27. The molecular formula is C29H27F5O. The number of halogens is 5. The lowest BCUT2D eigenvalue weighted by Crippen LogP contribution is -2.24. The zero-order valence-corrected chi connectivity index (χ0v) is 19.7. The van der Waals surface area contributed by atoms with Crippen molar-refractivity contribution in [3.8, 4) is 22.3 Å². The summed E-state index contributed by atoms with van der Waals surface area (Å²) in [5.41, 5.74) is -0.105. The van der Waals surface area contributed by atoms with Crippen LogP contribution in [0.5, 0.6) is 0 Å². The molecule has 0 amide bonds. The molecule has 0 N–H and O–H groups in total. The van der Waals surface area contributed by atoms with Crippen LogP contribution >= 0.6 is 0 Å². The molecule has 0 aliphatic carbocycles. The Morgan fingerprint density at radius 3 is 2.11 bits per heavy atom. The molecule has 6 heteroatoms. The number of ether oxygens (including phenoxy) is 1. The Kier molecular flexibility index (Phi) is 7.70. The average Bonchev–Trinajstić information content (AvgIpc) is 2.85. The molecule has 1 aliphatic rings. The topological polar surface area (TPSA) is 9.23 Å². The molecule has 2 atom stereocenters. The van der Waals surface area contributed by atoms with E-state index < -0.39 is 34.6 Å². The maximum atomic E-state index is 15.0. The van der Waals surface area contributed by atoms with Crippen molar-refractivity contribution in [1.82, 2.24) is 0 Å². The van der Waals surface area contributed by atoms with Crippen LogP contribution in [0.3, 0.4) is 0 Å². The molecule has 1 saturated heterocycles. The van der Waals surface area contributed by atoms with E-state index >= 15 is 8.78 Å². The largest absolute Gasteiger partial charge is 0.374 e. The molecule has 1 aliphatic heterocycles. The first-order chi connectivity index (χ1) is 16.8. The number of allylic oxidation sites excluding steroid dienone is 1. The molecule has 0 spiro atoms. The Morgan fingerprint density at radius 2 is 1.49 bits per heavy atom. The van der Waals surface area contributed by atoms with E-state index in [4.69, 9.17) is 4.74 Å². The van der Waals surface area contributed by atoms with Gasteiger partial charge in [0, 0.05) is 22.6 Å². The van der Waals surface area contributed by atoms with Crippen molar-refractivity contribution < 1.29 is 26.7 Å². The smallest absolute Gasteiger partial charge is 0.167 e. The lowest BCUT2D eigenvalue weighted by molar-refractivity contribution is 0.0317. The number of rotatable bonds is 6. The SMILES string of the molecule is C/C=C/C1CCC(c2ccc(-c3ccc(-c4ccc(CCC)c(F)c4)c(F)c3F)c(F)c2F)CO1. The van der Waals surface area contributed by atoms with Gasteiger partial charge in [-0.1, -0.05) is 61.9 Å². The summed E-state index contributed by atoms with van der Waals surface area (Å²) in [5.74, 6) is -5.71. The molecule has 3 aromatic rings. The quantitative estimate of drug-likeness (QED) is 0.251. The summed E-state index contributed by atoms with van der Waals surface area (Å²) in [7, 11) is 0. The van der Waals surface area contributed by atoms with Crippen LogP contribution in [0.2, 0.25) is 0 Å². The minimum absolute atomic E-state index is 0.0460. The molecule has 0 radical (unpaired) electrons. The number of hydrogen-bond acceptors (Lipinski definition) is 1. The van der Waals surface area contributed by atoms with Crippen molar-refractivity contribution in [2.75, 3.05) is 6.61 Å². The second-order valence-corrected chi connectivity index (χ2v) is 8.85. The molecular weight excluding hydrogens is 459 g/mol. The van der Waals surface area contributed by atoms with E-state index in [1.165, 1.54) is 30.3 Å². The zero-order valence-electron chi connectivity index (χ0n) is 19.7. The van der Waals surface area contributed by atoms with Crippen LogP contribution in [0.15, 0.2) is 54.6 Å². The molecule has 184 valence electrons. The number of aryl methyl sites for hydroxylation is 1. The third kappa shape index (κ3) is 5.03. The molecule has 4 rings (SSSR count). The highest BCUT2D eigenvalue weighted by molar-refractivity contribution is 5.72. The monoisotopic (exact) mass is 486 g/mol. The van der Waals surface area contributed by atoms with E-state index in [0.717, 1.165) is 12.5 Å². The van der Waals surface area contributed by atoms with Crippen LogP contribution in [0.25, 0.3) is 22.3 Å². The van der Waals surface area contributed by atoms with Crippen molar-refractivity contribution in [1.29, 1.82) is 0 Å². The predicted molar refractivity (Wildman–Crippen MR) is 128 cm³/mol. The van der Waals surface area contributed by atoms with Gasteiger partial charge in [-0.15, -0.1) is 0 Å². The fourth-order valence-corrected chi connectivity index (χ4v) is 4.64. The van der Waals surface area contributed by atoms with Crippen molar-refractivity contribution in [3.63, 3.8) is 0 Å². The lowest BCUT2D eigenvalue weighted by Gasteiger charge is -2.28. The van der Waals surface area contributed by atoms with Gasteiger partial charge in [0.1, 0.15) is 5.82 Å². The Hall–Kier alpha value is -2.99. The first-order valence-corrected chi connectivity index (χ1v) is 11.8. The highest BCUT2D eigenvalue weighted by Crippen LogP contribution is 2.37. The molecule has 1 heterocycles. The van der Waals surface area contributed by atoms with Crippen molar-refractivity contribution in [3.05, 3.63) is 94.8 Å². The number of benzene rings is 3. The van der Waals surface area contributed by atoms with Gasteiger partial charge >= 0.3 is 0 Å². The van der Waals surface area contributed by atoms with Gasteiger partial charge in [-0.2, -0.15) is 0 Å². The van der Waals surface area contributed by atoms with Crippen molar-refractivity contribution >= 4 is 0 Å². The summed E-state index contributed by atoms with van der Waals surface area (Å²) < 4.78 is 80.1. The van der Waals surface area contributed by atoms with E-state index in [1.54, 1.807) is 6.07 Å². The van der Waals surface area contributed by atoms with E-state index in [1.807, 2.05) is 26.0 Å². The molecule has 0 aromatic heterocycles. The van der Waals surface area contributed by atoms with Crippen LogP contribution in [-0.2, 0) is 11.2 Å². The molecule has 0 saturated carbocycles. The van der Waals surface area contributed by atoms with E-state index in [0.29, 0.717) is 24.8 Å². The normalized spacial score (nSPS) is 18.4. The molecule has 35 heavy (non-hydrogen) atoms. The van der Waals surface area contributed by atoms with Crippen LogP contribution in [0.4, 0.5) is 22.0 Å². The first kappa shape index (κ1) is 25.1. The Balaban J connectivity index is 1.64. The van der Waals surface area contributed by atoms with E-state index in [2.05, 4.69) is 0 Å². The van der Waals surface area contributed by atoms with Gasteiger partial charge in [0.05, 0.1) is 12.7 Å². The van der Waals surface area contributed by atoms with Gasteiger partial charge in [0.2, 0.25) is 0 Å². The second kappa shape index (κ2) is 10.7. The molecule has 0 bridgehead atoms. The molecule has 1 nitrogen and oxygen atoms in total. The Morgan fingerprint density at radius 1 is 0.829 bits per heavy atom. The molecule has 1 fully saturated rings. The summed E-state index contributed by atoms with van der Waals surface area (Å²) in [4.78, 5) is 0. The van der Waals surface area contributed by atoms with Gasteiger partial charge < -0.3 is 4.74 Å². The summed E-state index contributed by atoms with van der Waals surface area (Å²) >= 11 is 0. The van der Waals surface area contributed by atoms with Crippen LogP contribution in [0.1, 0.15) is 50.2 Å². The Bertz CT molecular complexity index is 1240. The van der Waals surface area contributed by atoms with E-state index in [9.17, 15) is 13.2 Å². The summed E-state index contributed by atoms with van der Waals surface area (Å²) in [6.45, 7) is 4.05.